The molecule has 0 saturated heterocycles. The predicted molar refractivity (Wildman–Crippen MR) is 58.6 cm³/mol. The molecule has 1 aliphatic carbocycles. The number of nitrogens with one attached hydrogen (secondary N) is 1. The molecule has 0 spiro atoms. The van der Waals surface area contributed by atoms with Crippen LogP contribution in [0.4, 0.5) is 5.69 Å². The van der Waals surface area contributed by atoms with Crippen molar-refractivity contribution in [3.63, 3.8) is 0 Å². The van der Waals surface area contributed by atoms with Crippen LogP contribution in [0.5, 0.6) is 0 Å². The van der Waals surface area contributed by atoms with Crippen LogP contribution in [0.3, 0.4) is 0 Å². The summed E-state index contributed by atoms with van der Waals surface area (Å²) in [6.45, 7) is 0. The molecule has 1 heterocycles. The topological polar surface area (TPSA) is 29.1 Å². The van der Waals surface area contributed by atoms with Gasteiger partial charge in [-0.05, 0) is 30.0 Å². The lowest BCUT2D eigenvalue weighted by molar-refractivity contribution is -0.117. The van der Waals surface area contributed by atoms with Crippen molar-refractivity contribution in [1.82, 2.24) is 0 Å². The Morgan fingerprint density at radius 1 is 1.43 bits per heavy atom. The molecule has 1 fully saturated rings. The Morgan fingerprint density at radius 3 is 3.00 bits per heavy atom. The fourth-order valence-electron chi connectivity index (χ4n) is 2.08. The Morgan fingerprint density at radius 2 is 2.21 bits per heavy atom. The van der Waals surface area contributed by atoms with Crippen LogP contribution in [0.1, 0.15) is 17.9 Å². The molecule has 0 radical (unpaired) electrons. The second kappa shape index (κ2) is 2.74. The van der Waals surface area contributed by atoms with Crippen molar-refractivity contribution < 1.29 is 4.79 Å². The van der Waals surface area contributed by atoms with Gasteiger partial charge in [-0.25, -0.2) is 0 Å². The SMILES string of the molecule is O=C1Nc2c(Cl)ccc(Br)c2C2CC12. The van der Waals surface area contributed by atoms with Crippen molar-refractivity contribution in [2.75, 3.05) is 5.32 Å². The minimum Gasteiger partial charge on any atom is -0.324 e. The van der Waals surface area contributed by atoms with Gasteiger partial charge in [0.05, 0.1) is 10.7 Å². The Balaban J connectivity index is 2.24. The summed E-state index contributed by atoms with van der Waals surface area (Å²) in [7, 11) is 0. The molecule has 14 heavy (non-hydrogen) atoms. The summed E-state index contributed by atoms with van der Waals surface area (Å²) < 4.78 is 1.05. The van der Waals surface area contributed by atoms with Crippen LogP contribution in [0.2, 0.25) is 5.02 Å². The Kier molecular flexibility index (Phi) is 1.71. The van der Waals surface area contributed by atoms with Gasteiger partial charge in [-0.2, -0.15) is 0 Å². The Bertz CT molecular complexity index is 446. The number of benzene rings is 1. The molecule has 1 saturated carbocycles. The first-order valence-corrected chi connectivity index (χ1v) is 5.64. The van der Waals surface area contributed by atoms with Crippen molar-refractivity contribution in [3.8, 4) is 0 Å². The summed E-state index contributed by atoms with van der Waals surface area (Å²) in [4.78, 5) is 11.5. The third-order valence-electron chi connectivity index (χ3n) is 2.89. The Labute approximate surface area is 94.8 Å². The van der Waals surface area contributed by atoms with Crippen molar-refractivity contribution in [2.45, 2.75) is 12.3 Å². The first-order valence-electron chi connectivity index (χ1n) is 4.47. The number of amides is 1. The van der Waals surface area contributed by atoms with E-state index < -0.39 is 0 Å². The molecule has 2 aliphatic rings. The second-order valence-electron chi connectivity index (χ2n) is 3.76. The average Bonchev–Trinajstić information content (AvgIpc) is 2.91. The first kappa shape index (κ1) is 8.74. The number of carbonyl (C=O) groups is 1. The van der Waals surface area contributed by atoms with E-state index in [2.05, 4.69) is 21.2 Å². The molecule has 2 nitrogen and oxygen atoms in total. The number of rotatable bonds is 0. The summed E-state index contributed by atoms with van der Waals surface area (Å²) in [6, 6.07) is 3.74. The van der Waals surface area contributed by atoms with Crippen molar-refractivity contribution in [2.24, 2.45) is 5.92 Å². The van der Waals surface area contributed by atoms with Gasteiger partial charge in [-0.1, -0.05) is 27.5 Å². The van der Waals surface area contributed by atoms with E-state index in [9.17, 15) is 4.79 Å². The number of halogens is 2. The van der Waals surface area contributed by atoms with Gasteiger partial charge in [-0.3, -0.25) is 4.79 Å². The first-order chi connectivity index (χ1) is 6.68. The smallest absolute Gasteiger partial charge is 0.228 e. The lowest BCUT2D eigenvalue weighted by Crippen LogP contribution is -2.20. The quantitative estimate of drug-likeness (QED) is 0.772. The van der Waals surface area contributed by atoms with Crippen LogP contribution in [0, 0.1) is 5.92 Å². The highest BCUT2D eigenvalue weighted by Gasteiger charge is 2.49. The molecule has 1 amide bonds. The van der Waals surface area contributed by atoms with Crippen LogP contribution >= 0.6 is 27.5 Å². The maximum absolute atomic E-state index is 11.5. The molecule has 3 rings (SSSR count). The fraction of sp³-hybridized carbons (Fsp3) is 0.300. The van der Waals surface area contributed by atoms with Gasteiger partial charge in [0.15, 0.2) is 0 Å². The largest absolute Gasteiger partial charge is 0.324 e. The summed E-state index contributed by atoms with van der Waals surface area (Å²) >= 11 is 9.52. The third-order valence-corrected chi connectivity index (χ3v) is 3.89. The Hall–Kier alpha value is -0.540. The van der Waals surface area contributed by atoms with E-state index in [4.69, 9.17) is 11.6 Å². The maximum atomic E-state index is 11.5. The van der Waals surface area contributed by atoms with Crippen molar-refractivity contribution in [1.29, 1.82) is 0 Å². The normalized spacial score (nSPS) is 27.7. The molecular weight excluding hydrogens is 265 g/mol. The molecule has 2 unspecified atom stereocenters. The molecule has 1 aliphatic heterocycles. The standard InChI is InChI=1S/C10H7BrClNO/c11-6-1-2-7(12)9-8(6)4-3-5(4)10(14)13-9/h1-2,4-5H,3H2,(H,13,14). The van der Waals surface area contributed by atoms with Crippen molar-refractivity contribution in [3.05, 3.63) is 27.2 Å². The number of anilines is 1. The summed E-state index contributed by atoms with van der Waals surface area (Å²) in [6.07, 6.45) is 0.956. The van der Waals surface area contributed by atoms with Crippen LogP contribution in [0.25, 0.3) is 0 Å². The van der Waals surface area contributed by atoms with E-state index >= 15 is 0 Å². The molecule has 72 valence electrons. The van der Waals surface area contributed by atoms with Crippen molar-refractivity contribution >= 4 is 39.1 Å². The molecule has 1 aromatic rings. The van der Waals surface area contributed by atoms with Gasteiger partial charge in [0.25, 0.3) is 0 Å². The second-order valence-corrected chi connectivity index (χ2v) is 5.02. The minimum absolute atomic E-state index is 0.113. The number of fused-ring (bicyclic) bond motifs is 3. The molecule has 1 N–H and O–H groups in total. The predicted octanol–water partition coefficient (Wildman–Crippen LogP) is 3.16. The van der Waals surface area contributed by atoms with Crippen LogP contribution in [-0.2, 0) is 4.79 Å². The monoisotopic (exact) mass is 271 g/mol. The summed E-state index contributed by atoms with van der Waals surface area (Å²) in [5.41, 5.74) is 1.96. The summed E-state index contributed by atoms with van der Waals surface area (Å²) in [5.74, 6) is 0.673. The zero-order valence-electron chi connectivity index (χ0n) is 7.18. The molecule has 1 aromatic carbocycles. The van der Waals surface area contributed by atoms with Gasteiger partial charge in [0.1, 0.15) is 0 Å². The molecule has 2 atom stereocenters. The minimum atomic E-state index is 0.113. The van der Waals surface area contributed by atoms with E-state index in [-0.39, 0.29) is 11.8 Å². The van der Waals surface area contributed by atoms with Gasteiger partial charge < -0.3 is 5.32 Å². The molecule has 4 heteroatoms. The van der Waals surface area contributed by atoms with Crippen LogP contribution < -0.4 is 5.32 Å². The third kappa shape index (κ3) is 1.06. The highest BCUT2D eigenvalue weighted by molar-refractivity contribution is 9.10. The number of hydrogen-bond donors (Lipinski definition) is 1. The zero-order chi connectivity index (χ0) is 9.87. The van der Waals surface area contributed by atoms with Gasteiger partial charge in [0.2, 0.25) is 5.91 Å². The lowest BCUT2D eigenvalue weighted by atomic mass is 10.0. The van der Waals surface area contributed by atoms with E-state index in [1.54, 1.807) is 6.07 Å². The fourth-order valence-corrected chi connectivity index (χ4v) is 2.91. The highest BCUT2D eigenvalue weighted by atomic mass is 79.9. The highest BCUT2D eigenvalue weighted by Crippen LogP contribution is 2.56. The van der Waals surface area contributed by atoms with Crippen LogP contribution in [0.15, 0.2) is 16.6 Å². The van der Waals surface area contributed by atoms with Gasteiger partial charge in [-0.15, -0.1) is 0 Å². The van der Waals surface area contributed by atoms with E-state index in [1.807, 2.05) is 6.07 Å². The van der Waals surface area contributed by atoms with E-state index in [0.29, 0.717) is 10.9 Å². The summed E-state index contributed by atoms with van der Waals surface area (Å²) in [5, 5.41) is 3.49. The van der Waals surface area contributed by atoms with Gasteiger partial charge in [0, 0.05) is 10.4 Å². The average molecular weight is 273 g/mol. The van der Waals surface area contributed by atoms with E-state index in [0.717, 1.165) is 16.6 Å². The zero-order valence-corrected chi connectivity index (χ0v) is 9.52. The molecule has 0 bridgehead atoms. The van der Waals surface area contributed by atoms with E-state index in [1.165, 1.54) is 5.56 Å². The number of hydrogen-bond acceptors (Lipinski definition) is 1. The molecular formula is C10H7BrClNO. The van der Waals surface area contributed by atoms with Gasteiger partial charge >= 0.3 is 0 Å². The van der Waals surface area contributed by atoms with Crippen LogP contribution in [-0.4, -0.2) is 5.91 Å². The number of carbonyl (C=O) groups excluding carboxylic acids is 1. The lowest BCUT2D eigenvalue weighted by Gasteiger charge is -2.18. The molecule has 0 aromatic heterocycles. The maximum Gasteiger partial charge on any atom is 0.228 e.